The van der Waals surface area contributed by atoms with E-state index in [1.807, 2.05) is 7.11 Å². The summed E-state index contributed by atoms with van der Waals surface area (Å²) in [5.41, 5.74) is 0. The van der Waals surface area contributed by atoms with E-state index in [2.05, 4.69) is 17.3 Å². The summed E-state index contributed by atoms with van der Waals surface area (Å²) in [6.45, 7) is 3.53. The third-order valence-electron chi connectivity index (χ3n) is 4.62. The lowest BCUT2D eigenvalue weighted by atomic mass is 9.87. The molecule has 0 radical (unpaired) electrons. The summed E-state index contributed by atoms with van der Waals surface area (Å²) in [6, 6.07) is 1.59. The van der Waals surface area contributed by atoms with Gasteiger partial charge in [0.05, 0.1) is 0 Å². The Morgan fingerprint density at radius 3 is 2.59 bits per heavy atom. The van der Waals surface area contributed by atoms with E-state index in [1.165, 1.54) is 51.6 Å². The van der Waals surface area contributed by atoms with Crippen LogP contribution in [0, 0.1) is 5.92 Å². The van der Waals surface area contributed by atoms with Gasteiger partial charge in [-0.25, -0.2) is 0 Å². The van der Waals surface area contributed by atoms with Crippen molar-refractivity contribution in [2.24, 2.45) is 5.92 Å². The molecular formula is C14H28N2O. The zero-order chi connectivity index (χ0) is 12.1. The quantitative estimate of drug-likeness (QED) is 0.812. The smallest absolute Gasteiger partial charge is 0.0491 e. The van der Waals surface area contributed by atoms with E-state index in [1.54, 1.807) is 0 Å². The second-order valence-electron chi connectivity index (χ2n) is 5.74. The first-order valence-corrected chi connectivity index (χ1v) is 7.23. The van der Waals surface area contributed by atoms with E-state index in [4.69, 9.17) is 4.74 Å². The van der Waals surface area contributed by atoms with Crippen molar-refractivity contribution in [3.05, 3.63) is 0 Å². The lowest BCUT2D eigenvalue weighted by Gasteiger charge is -2.41. The average molecular weight is 240 g/mol. The van der Waals surface area contributed by atoms with Crippen LogP contribution in [-0.2, 0) is 4.74 Å². The van der Waals surface area contributed by atoms with Gasteiger partial charge in [0, 0.05) is 25.8 Å². The highest BCUT2D eigenvalue weighted by Crippen LogP contribution is 2.27. The third kappa shape index (κ3) is 3.67. The number of nitrogens with one attached hydrogen (secondary N) is 1. The van der Waals surface area contributed by atoms with Gasteiger partial charge in [0.15, 0.2) is 0 Å². The predicted molar refractivity (Wildman–Crippen MR) is 71.3 cm³/mol. The van der Waals surface area contributed by atoms with Crippen molar-refractivity contribution < 1.29 is 4.74 Å². The molecule has 2 rings (SSSR count). The van der Waals surface area contributed by atoms with Crippen LogP contribution in [0.3, 0.4) is 0 Å². The van der Waals surface area contributed by atoms with Gasteiger partial charge in [0.25, 0.3) is 0 Å². The fourth-order valence-electron chi connectivity index (χ4n) is 3.48. The molecule has 0 aromatic rings. The summed E-state index contributed by atoms with van der Waals surface area (Å²) in [7, 11) is 3.93. The van der Waals surface area contributed by atoms with Crippen molar-refractivity contribution in [1.82, 2.24) is 10.2 Å². The molecule has 0 amide bonds. The highest BCUT2D eigenvalue weighted by molar-refractivity contribution is 4.85. The first-order chi connectivity index (χ1) is 8.33. The molecule has 0 aromatic heterocycles. The van der Waals surface area contributed by atoms with Gasteiger partial charge in [-0.05, 0) is 58.2 Å². The van der Waals surface area contributed by atoms with E-state index in [-0.39, 0.29) is 0 Å². The van der Waals surface area contributed by atoms with Crippen LogP contribution in [0.25, 0.3) is 0 Å². The maximum Gasteiger partial charge on any atom is 0.0491 e. The number of likely N-dealkylation sites (tertiary alicyclic amines) is 1. The summed E-state index contributed by atoms with van der Waals surface area (Å²) in [5.74, 6) is 0.805. The SMILES string of the molecule is CNC1CCCC(N2CCC(COC)CC2)C1. The number of hydrogen-bond donors (Lipinski definition) is 1. The molecule has 1 aliphatic heterocycles. The molecule has 2 unspecified atom stereocenters. The van der Waals surface area contributed by atoms with Crippen molar-refractivity contribution in [1.29, 1.82) is 0 Å². The number of rotatable bonds is 4. The van der Waals surface area contributed by atoms with Gasteiger partial charge >= 0.3 is 0 Å². The molecule has 2 fully saturated rings. The van der Waals surface area contributed by atoms with Crippen LogP contribution in [0.2, 0.25) is 0 Å². The predicted octanol–water partition coefficient (Wildman–Crippen LogP) is 1.88. The topological polar surface area (TPSA) is 24.5 Å². The van der Waals surface area contributed by atoms with Crippen molar-refractivity contribution in [2.75, 3.05) is 33.9 Å². The number of nitrogens with zero attached hydrogens (tertiary/aromatic N) is 1. The van der Waals surface area contributed by atoms with Gasteiger partial charge in [-0.3, -0.25) is 0 Å². The molecule has 0 aromatic carbocycles. The first kappa shape index (κ1) is 13.3. The molecule has 1 aliphatic carbocycles. The van der Waals surface area contributed by atoms with Gasteiger partial charge in [-0.2, -0.15) is 0 Å². The van der Waals surface area contributed by atoms with Crippen LogP contribution in [-0.4, -0.2) is 50.8 Å². The molecule has 2 atom stereocenters. The van der Waals surface area contributed by atoms with Crippen molar-refractivity contribution in [3.63, 3.8) is 0 Å². The molecule has 17 heavy (non-hydrogen) atoms. The number of piperidine rings is 1. The van der Waals surface area contributed by atoms with Crippen LogP contribution in [0.15, 0.2) is 0 Å². The summed E-state index contributed by atoms with van der Waals surface area (Å²) in [6.07, 6.45) is 8.18. The molecule has 0 spiro atoms. The van der Waals surface area contributed by atoms with E-state index in [0.29, 0.717) is 0 Å². The van der Waals surface area contributed by atoms with E-state index in [9.17, 15) is 0 Å². The molecule has 2 aliphatic rings. The van der Waals surface area contributed by atoms with Gasteiger partial charge in [-0.1, -0.05) is 6.42 Å². The second kappa shape index (κ2) is 6.72. The van der Waals surface area contributed by atoms with Crippen LogP contribution in [0.4, 0.5) is 0 Å². The molecule has 1 saturated heterocycles. The number of ether oxygens (including phenoxy) is 1. The maximum absolute atomic E-state index is 5.27. The molecule has 1 saturated carbocycles. The standard InChI is InChI=1S/C14H28N2O/c1-15-13-4-3-5-14(10-13)16-8-6-12(7-9-16)11-17-2/h12-15H,3-11H2,1-2H3. The number of methoxy groups -OCH3 is 1. The highest BCUT2D eigenvalue weighted by atomic mass is 16.5. The maximum atomic E-state index is 5.27. The van der Waals surface area contributed by atoms with Crippen molar-refractivity contribution in [3.8, 4) is 0 Å². The Morgan fingerprint density at radius 2 is 1.94 bits per heavy atom. The van der Waals surface area contributed by atoms with Gasteiger partial charge < -0.3 is 15.0 Å². The van der Waals surface area contributed by atoms with Gasteiger partial charge in [-0.15, -0.1) is 0 Å². The highest BCUT2D eigenvalue weighted by Gasteiger charge is 2.28. The molecule has 1 N–H and O–H groups in total. The van der Waals surface area contributed by atoms with E-state index >= 15 is 0 Å². The molecular weight excluding hydrogens is 212 g/mol. The Hall–Kier alpha value is -0.120. The van der Waals surface area contributed by atoms with Gasteiger partial charge in [0.1, 0.15) is 0 Å². The summed E-state index contributed by atoms with van der Waals surface area (Å²) < 4.78 is 5.27. The summed E-state index contributed by atoms with van der Waals surface area (Å²) in [4.78, 5) is 2.73. The monoisotopic (exact) mass is 240 g/mol. The van der Waals surface area contributed by atoms with Gasteiger partial charge in [0.2, 0.25) is 0 Å². The minimum absolute atomic E-state index is 0.755. The second-order valence-corrected chi connectivity index (χ2v) is 5.74. The van der Waals surface area contributed by atoms with Crippen molar-refractivity contribution in [2.45, 2.75) is 50.6 Å². The zero-order valence-corrected chi connectivity index (χ0v) is 11.5. The molecule has 1 heterocycles. The Bertz CT molecular complexity index is 214. The third-order valence-corrected chi connectivity index (χ3v) is 4.62. The molecule has 0 bridgehead atoms. The Kier molecular flexibility index (Phi) is 5.26. The summed E-state index contributed by atoms with van der Waals surface area (Å²) in [5, 5.41) is 3.46. The fraction of sp³-hybridized carbons (Fsp3) is 1.00. The van der Waals surface area contributed by atoms with Crippen LogP contribution in [0.1, 0.15) is 38.5 Å². The lowest BCUT2D eigenvalue weighted by Crippen LogP contribution is -2.47. The fourth-order valence-corrected chi connectivity index (χ4v) is 3.48. The zero-order valence-electron chi connectivity index (χ0n) is 11.5. The van der Waals surface area contributed by atoms with Crippen LogP contribution in [0.5, 0.6) is 0 Å². The number of hydrogen-bond acceptors (Lipinski definition) is 3. The lowest BCUT2D eigenvalue weighted by molar-refractivity contribution is 0.0639. The Labute approximate surface area is 106 Å². The first-order valence-electron chi connectivity index (χ1n) is 7.23. The normalized spacial score (nSPS) is 32.8. The summed E-state index contributed by atoms with van der Waals surface area (Å²) >= 11 is 0. The van der Waals surface area contributed by atoms with Crippen LogP contribution < -0.4 is 5.32 Å². The average Bonchev–Trinajstić information content (AvgIpc) is 2.40. The van der Waals surface area contributed by atoms with Crippen LogP contribution >= 0.6 is 0 Å². The molecule has 100 valence electrons. The largest absolute Gasteiger partial charge is 0.384 e. The minimum atomic E-state index is 0.755. The van der Waals surface area contributed by atoms with E-state index in [0.717, 1.165) is 24.6 Å². The van der Waals surface area contributed by atoms with E-state index < -0.39 is 0 Å². The molecule has 3 nitrogen and oxygen atoms in total. The Balaban J connectivity index is 1.76. The van der Waals surface area contributed by atoms with Crippen molar-refractivity contribution >= 4 is 0 Å². The Morgan fingerprint density at radius 1 is 1.18 bits per heavy atom. The minimum Gasteiger partial charge on any atom is -0.384 e. The molecule has 3 heteroatoms.